The summed E-state index contributed by atoms with van der Waals surface area (Å²) in [6, 6.07) is 0. The third-order valence-electron chi connectivity index (χ3n) is 5.72. The van der Waals surface area contributed by atoms with Crippen LogP contribution in [0.5, 0.6) is 0 Å². The number of unbranched alkanes of at least 4 members (excludes halogenated alkanes) is 12. The van der Waals surface area contributed by atoms with Gasteiger partial charge >= 0.3 is 17.9 Å². The summed E-state index contributed by atoms with van der Waals surface area (Å²) in [5.74, 6) is -1.02. The van der Waals surface area contributed by atoms with Crippen LogP contribution in [-0.2, 0) is 28.6 Å². The maximum absolute atomic E-state index is 12.3. The van der Waals surface area contributed by atoms with E-state index in [9.17, 15) is 14.4 Å². The fourth-order valence-electron chi connectivity index (χ4n) is 3.41. The first kappa shape index (κ1) is 32.4. The third-order valence-corrected chi connectivity index (χ3v) is 5.72. The zero-order valence-corrected chi connectivity index (χ0v) is 22.8. The third kappa shape index (κ3) is 19.8. The molecule has 0 atom stereocenters. The van der Waals surface area contributed by atoms with Crippen molar-refractivity contribution in [2.45, 2.75) is 143 Å². The monoisotopic (exact) mass is 484 g/mol. The highest BCUT2D eigenvalue weighted by atomic mass is 16.6. The second kappa shape index (κ2) is 20.8. The molecule has 0 saturated heterocycles. The molecule has 0 unspecified atom stereocenters. The summed E-state index contributed by atoms with van der Waals surface area (Å²) < 4.78 is 16.1. The van der Waals surface area contributed by atoms with Gasteiger partial charge in [0.25, 0.3) is 0 Å². The lowest BCUT2D eigenvalue weighted by Crippen LogP contribution is -2.35. The van der Waals surface area contributed by atoms with Gasteiger partial charge in [-0.1, -0.05) is 90.9 Å². The van der Waals surface area contributed by atoms with Crippen LogP contribution in [0.4, 0.5) is 0 Å². The Morgan fingerprint density at radius 2 is 0.941 bits per heavy atom. The summed E-state index contributed by atoms with van der Waals surface area (Å²) in [6.07, 6.45) is 15.7. The lowest BCUT2D eigenvalue weighted by molar-refractivity contribution is -0.172. The first-order valence-electron chi connectivity index (χ1n) is 13.7. The topological polar surface area (TPSA) is 78.9 Å². The average molecular weight is 485 g/mol. The van der Waals surface area contributed by atoms with Crippen molar-refractivity contribution in [1.82, 2.24) is 0 Å². The van der Waals surface area contributed by atoms with Gasteiger partial charge in [0, 0.05) is 12.8 Å². The molecule has 0 amide bonds. The molecule has 0 aliphatic heterocycles. The predicted octanol–water partition coefficient (Wildman–Crippen LogP) is 7.31. The Balaban J connectivity index is 4.29. The molecular weight excluding hydrogens is 432 g/mol. The average Bonchev–Trinajstić information content (AvgIpc) is 2.78. The molecule has 6 nitrogen and oxygen atoms in total. The molecule has 34 heavy (non-hydrogen) atoms. The van der Waals surface area contributed by atoms with Gasteiger partial charge in [0.05, 0.1) is 5.41 Å². The van der Waals surface area contributed by atoms with Gasteiger partial charge in [0.2, 0.25) is 0 Å². The van der Waals surface area contributed by atoms with E-state index in [-0.39, 0.29) is 25.2 Å². The van der Waals surface area contributed by atoms with Crippen LogP contribution in [0.2, 0.25) is 0 Å². The van der Waals surface area contributed by atoms with Gasteiger partial charge in [-0.2, -0.15) is 0 Å². The fraction of sp³-hybridized carbons (Fsp3) is 0.893. The fourth-order valence-corrected chi connectivity index (χ4v) is 3.41. The Bertz CT molecular complexity index is 504. The number of ether oxygens (including phenoxy) is 3. The van der Waals surface area contributed by atoms with Gasteiger partial charge in [-0.05, 0) is 33.6 Å². The van der Waals surface area contributed by atoms with E-state index in [4.69, 9.17) is 14.2 Å². The molecule has 0 aliphatic rings. The summed E-state index contributed by atoms with van der Waals surface area (Å²) in [6.45, 7) is 9.46. The lowest BCUT2D eigenvalue weighted by Gasteiger charge is -2.23. The van der Waals surface area contributed by atoms with Gasteiger partial charge in [-0.25, -0.2) is 0 Å². The van der Waals surface area contributed by atoms with E-state index < -0.39 is 17.5 Å². The number of esters is 3. The van der Waals surface area contributed by atoms with E-state index in [0.29, 0.717) is 12.8 Å². The molecule has 6 heteroatoms. The molecule has 0 bridgehead atoms. The molecule has 0 N–H and O–H groups in total. The SMILES string of the molecule is CCCCCCCCCC(=O)OCC(COC(=O)CCCCCCCCC)OC(=O)C(C)(C)C. The molecule has 0 aromatic carbocycles. The highest BCUT2D eigenvalue weighted by Crippen LogP contribution is 2.17. The van der Waals surface area contributed by atoms with Crippen molar-refractivity contribution in [1.29, 1.82) is 0 Å². The smallest absolute Gasteiger partial charge is 0.311 e. The summed E-state index contributed by atoms with van der Waals surface area (Å²) in [5.41, 5.74) is -0.693. The molecule has 0 radical (unpaired) electrons. The molecule has 0 saturated carbocycles. The summed E-state index contributed by atoms with van der Waals surface area (Å²) >= 11 is 0. The lowest BCUT2D eigenvalue weighted by atomic mass is 9.97. The van der Waals surface area contributed by atoms with Crippen LogP contribution >= 0.6 is 0 Å². The number of carbonyl (C=O) groups excluding carboxylic acids is 3. The van der Waals surface area contributed by atoms with E-state index >= 15 is 0 Å². The van der Waals surface area contributed by atoms with Gasteiger partial charge in [-0.3, -0.25) is 14.4 Å². The summed E-state index contributed by atoms with van der Waals surface area (Å²) in [5, 5.41) is 0. The van der Waals surface area contributed by atoms with Crippen molar-refractivity contribution in [3.05, 3.63) is 0 Å². The van der Waals surface area contributed by atoms with Crippen LogP contribution in [0.25, 0.3) is 0 Å². The molecule has 0 aromatic rings. The Morgan fingerprint density at radius 3 is 1.29 bits per heavy atom. The first-order valence-corrected chi connectivity index (χ1v) is 13.7. The van der Waals surface area contributed by atoms with Crippen molar-refractivity contribution < 1.29 is 28.6 Å². The van der Waals surface area contributed by atoms with Crippen LogP contribution in [-0.4, -0.2) is 37.2 Å². The van der Waals surface area contributed by atoms with E-state index in [2.05, 4.69) is 13.8 Å². The van der Waals surface area contributed by atoms with Crippen molar-refractivity contribution in [3.8, 4) is 0 Å². The van der Waals surface area contributed by atoms with Crippen molar-refractivity contribution in [2.24, 2.45) is 5.41 Å². The van der Waals surface area contributed by atoms with Crippen LogP contribution in [0.3, 0.4) is 0 Å². The van der Waals surface area contributed by atoms with E-state index in [1.54, 1.807) is 20.8 Å². The zero-order valence-electron chi connectivity index (χ0n) is 22.8. The highest BCUT2D eigenvalue weighted by molar-refractivity contribution is 5.75. The second-order valence-electron chi connectivity index (χ2n) is 10.4. The minimum atomic E-state index is -0.789. The molecule has 0 rings (SSSR count). The van der Waals surface area contributed by atoms with Crippen molar-refractivity contribution in [2.75, 3.05) is 13.2 Å². The minimum Gasteiger partial charge on any atom is -0.462 e. The molecular formula is C28H52O6. The second-order valence-corrected chi connectivity index (χ2v) is 10.4. The quantitative estimate of drug-likeness (QED) is 0.0965. The normalized spacial score (nSPS) is 11.5. The Hall–Kier alpha value is -1.59. The number of carbonyl (C=O) groups is 3. The number of hydrogen-bond donors (Lipinski definition) is 0. The Kier molecular flexibility index (Phi) is 19.8. The number of hydrogen-bond acceptors (Lipinski definition) is 6. The van der Waals surface area contributed by atoms with E-state index in [0.717, 1.165) is 38.5 Å². The summed E-state index contributed by atoms with van der Waals surface area (Å²) in [7, 11) is 0. The van der Waals surface area contributed by atoms with Crippen LogP contribution in [0.15, 0.2) is 0 Å². The number of rotatable bonds is 21. The Morgan fingerprint density at radius 1 is 0.588 bits per heavy atom. The minimum absolute atomic E-state index is 0.0954. The van der Waals surface area contributed by atoms with E-state index in [1.807, 2.05) is 0 Å². The van der Waals surface area contributed by atoms with Crippen molar-refractivity contribution in [3.63, 3.8) is 0 Å². The highest BCUT2D eigenvalue weighted by Gasteiger charge is 2.28. The van der Waals surface area contributed by atoms with Crippen LogP contribution in [0, 0.1) is 5.41 Å². The maximum atomic E-state index is 12.3. The Labute approximate surface area is 208 Å². The molecule has 0 spiro atoms. The van der Waals surface area contributed by atoms with Gasteiger partial charge < -0.3 is 14.2 Å². The van der Waals surface area contributed by atoms with Gasteiger partial charge in [0.1, 0.15) is 13.2 Å². The van der Waals surface area contributed by atoms with Crippen molar-refractivity contribution >= 4 is 17.9 Å². The molecule has 200 valence electrons. The van der Waals surface area contributed by atoms with E-state index in [1.165, 1.54) is 51.4 Å². The van der Waals surface area contributed by atoms with Crippen LogP contribution in [0.1, 0.15) is 137 Å². The summed E-state index contributed by atoms with van der Waals surface area (Å²) in [4.78, 5) is 36.5. The maximum Gasteiger partial charge on any atom is 0.311 e. The predicted molar refractivity (Wildman–Crippen MR) is 136 cm³/mol. The zero-order chi connectivity index (χ0) is 25.7. The molecule has 0 fully saturated rings. The molecule has 0 heterocycles. The molecule has 0 aromatic heterocycles. The molecule has 0 aliphatic carbocycles. The largest absolute Gasteiger partial charge is 0.462 e. The first-order chi connectivity index (χ1) is 16.2. The van der Waals surface area contributed by atoms with Gasteiger partial charge in [0.15, 0.2) is 6.10 Å². The van der Waals surface area contributed by atoms with Crippen LogP contribution < -0.4 is 0 Å². The van der Waals surface area contributed by atoms with Gasteiger partial charge in [-0.15, -0.1) is 0 Å². The standard InChI is InChI=1S/C28H52O6/c1-6-8-10-12-14-16-18-20-25(29)32-22-24(34-27(31)28(3,4)5)23-33-26(30)21-19-17-15-13-11-9-7-2/h24H,6-23H2,1-5H3.